The van der Waals surface area contributed by atoms with E-state index in [0.29, 0.717) is 0 Å². The zero-order valence-corrected chi connectivity index (χ0v) is 12.2. The van der Waals surface area contributed by atoms with Crippen LogP contribution in [0, 0.1) is 0 Å². The summed E-state index contributed by atoms with van der Waals surface area (Å²) < 4.78 is 26.6. The Kier molecular flexibility index (Phi) is 5.98. The first kappa shape index (κ1) is 15.3. The van der Waals surface area contributed by atoms with Crippen molar-refractivity contribution in [1.29, 1.82) is 0 Å². The molecular weight excluding hydrogens is 270 g/mol. The molecule has 1 aromatic rings. The third kappa shape index (κ3) is 4.88. The molecule has 0 fully saturated rings. The lowest BCUT2D eigenvalue weighted by Gasteiger charge is -2.14. The maximum Gasteiger partial charge on any atom is 0.240 e. The Morgan fingerprint density at radius 3 is 2.78 bits per heavy atom. The third-order valence-electron chi connectivity index (χ3n) is 2.38. The number of nitrogens with one attached hydrogen (secondary N) is 1. The predicted octanol–water partition coefficient (Wildman–Crippen LogP) is 2.20. The SMILES string of the molecule is CCSCCC(C)NS(=O)(=O)c1cccc(O)c1. The minimum absolute atomic E-state index is 0.0490. The summed E-state index contributed by atoms with van der Waals surface area (Å²) in [4.78, 5) is 0.0949. The quantitative estimate of drug-likeness (QED) is 0.755. The minimum Gasteiger partial charge on any atom is -0.508 e. The summed E-state index contributed by atoms with van der Waals surface area (Å²) in [5, 5.41) is 9.29. The molecule has 4 nitrogen and oxygen atoms in total. The summed E-state index contributed by atoms with van der Waals surface area (Å²) in [5.74, 6) is 1.92. The van der Waals surface area contributed by atoms with Gasteiger partial charge < -0.3 is 5.11 Å². The number of rotatable bonds is 7. The number of sulfonamides is 1. The van der Waals surface area contributed by atoms with Crippen LogP contribution >= 0.6 is 11.8 Å². The Balaban J connectivity index is 2.64. The predicted molar refractivity (Wildman–Crippen MR) is 75.5 cm³/mol. The second kappa shape index (κ2) is 7.01. The van der Waals surface area contributed by atoms with Gasteiger partial charge in [-0.1, -0.05) is 13.0 Å². The first-order valence-corrected chi connectivity index (χ1v) is 8.48. The Hall–Kier alpha value is -0.720. The third-order valence-corrected chi connectivity index (χ3v) is 4.90. The summed E-state index contributed by atoms with van der Waals surface area (Å²) in [7, 11) is -3.54. The molecule has 1 aromatic carbocycles. The smallest absolute Gasteiger partial charge is 0.240 e. The molecular formula is C12H19NO3S2. The van der Waals surface area contributed by atoms with Crippen LogP contribution in [0.3, 0.4) is 0 Å². The van der Waals surface area contributed by atoms with Gasteiger partial charge in [0.25, 0.3) is 0 Å². The van der Waals surface area contributed by atoms with Crippen LogP contribution in [0.25, 0.3) is 0 Å². The van der Waals surface area contributed by atoms with Crippen LogP contribution in [0.2, 0.25) is 0 Å². The van der Waals surface area contributed by atoms with Gasteiger partial charge >= 0.3 is 0 Å². The molecule has 2 N–H and O–H groups in total. The average molecular weight is 289 g/mol. The molecule has 1 atom stereocenters. The van der Waals surface area contributed by atoms with Gasteiger partial charge in [0.05, 0.1) is 4.90 Å². The van der Waals surface area contributed by atoms with E-state index in [4.69, 9.17) is 0 Å². The number of aromatic hydroxyl groups is 1. The standard InChI is InChI=1S/C12H19NO3S2/c1-3-17-8-7-10(2)13-18(15,16)12-6-4-5-11(14)9-12/h4-6,9-10,13-14H,3,7-8H2,1-2H3. The highest BCUT2D eigenvalue weighted by molar-refractivity contribution is 7.99. The summed E-state index contributed by atoms with van der Waals surface area (Å²) in [5.41, 5.74) is 0. The van der Waals surface area contributed by atoms with Crippen molar-refractivity contribution in [3.63, 3.8) is 0 Å². The van der Waals surface area contributed by atoms with Crippen LogP contribution in [0.1, 0.15) is 20.3 Å². The second-order valence-electron chi connectivity index (χ2n) is 4.01. The lowest BCUT2D eigenvalue weighted by molar-refractivity contribution is 0.472. The fourth-order valence-electron chi connectivity index (χ4n) is 1.45. The molecule has 0 aliphatic rings. The van der Waals surface area contributed by atoms with Crippen molar-refractivity contribution < 1.29 is 13.5 Å². The van der Waals surface area contributed by atoms with E-state index in [1.165, 1.54) is 24.3 Å². The number of hydrogen-bond donors (Lipinski definition) is 2. The van der Waals surface area contributed by atoms with Crippen molar-refractivity contribution >= 4 is 21.8 Å². The fourth-order valence-corrected chi connectivity index (χ4v) is 3.57. The van der Waals surface area contributed by atoms with Crippen LogP contribution in [0.5, 0.6) is 5.75 Å². The van der Waals surface area contributed by atoms with E-state index in [1.807, 2.05) is 6.92 Å². The lowest BCUT2D eigenvalue weighted by Crippen LogP contribution is -2.33. The molecule has 1 rings (SSSR count). The fraction of sp³-hybridized carbons (Fsp3) is 0.500. The molecule has 0 amide bonds. The maximum absolute atomic E-state index is 12.0. The van der Waals surface area contributed by atoms with Crippen LogP contribution in [-0.2, 0) is 10.0 Å². The van der Waals surface area contributed by atoms with Crippen LogP contribution in [-0.4, -0.2) is 31.1 Å². The molecule has 0 radical (unpaired) electrons. The Bertz CT molecular complexity index is 474. The van der Waals surface area contributed by atoms with E-state index in [0.717, 1.165) is 17.9 Å². The van der Waals surface area contributed by atoms with Crippen molar-refractivity contribution in [3.8, 4) is 5.75 Å². The van der Waals surface area contributed by atoms with Gasteiger partial charge in [0, 0.05) is 6.04 Å². The van der Waals surface area contributed by atoms with Crippen molar-refractivity contribution in [2.75, 3.05) is 11.5 Å². The van der Waals surface area contributed by atoms with Gasteiger partial charge in [-0.15, -0.1) is 0 Å². The molecule has 0 aliphatic heterocycles. The van der Waals surface area contributed by atoms with Crippen molar-refractivity contribution in [3.05, 3.63) is 24.3 Å². The number of thioether (sulfide) groups is 1. The first-order chi connectivity index (χ1) is 8.45. The lowest BCUT2D eigenvalue weighted by atomic mass is 10.3. The molecule has 0 aromatic heterocycles. The molecule has 0 spiro atoms. The van der Waals surface area contributed by atoms with Gasteiger partial charge in [0.1, 0.15) is 5.75 Å². The summed E-state index contributed by atoms with van der Waals surface area (Å²) in [6.45, 7) is 3.92. The zero-order valence-electron chi connectivity index (χ0n) is 10.6. The number of hydrogen-bond acceptors (Lipinski definition) is 4. The van der Waals surface area contributed by atoms with Gasteiger partial charge in [-0.25, -0.2) is 13.1 Å². The van der Waals surface area contributed by atoms with Crippen LogP contribution < -0.4 is 4.72 Å². The zero-order chi connectivity index (χ0) is 13.6. The average Bonchev–Trinajstić information content (AvgIpc) is 2.28. The summed E-state index contributed by atoms with van der Waals surface area (Å²) in [6, 6.07) is 5.56. The monoisotopic (exact) mass is 289 g/mol. The van der Waals surface area contributed by atoms with Crippen LogP contribution in [0.4, 0.5) is 0 Å². The van der Waals surface area contributed by atoms with E-state index in [9.17, 15) is 13.5 Å². The Morgan fingerprint density at radius 1 is 1.44 bits per heavy atom. The molecule has 0 heterocycles. The normalized spacial score (nSPS) is 13.4. The molecule has 0 saturated carbocycles. The first-order valence-electron chi connectivity index (χ1n) is 5.85. The van der Waals surface area contributed by atoms with Crippen LogP contribution in [0.15, 0.2) is 29.2 Å². The van der Waals surface area contributed by atoms with E-state index in [1.54, 1.807) is 11.8 Å². The largest absolute Gasteiger partial charge is 0.508 e. The highest BCUT2D eigenvalue weighted by Crippen LogP contribution is 2.16. The maximum atomic E-state index is 12.0. The van der Waals surface area contributed by atoms with Crippen molar-refractivity contribution in [2.24, 2.45) is 0 Å². The highest BCUT2D eigenvalue weighted by Gasteiger charge is 2.17. The molecule has 0 aliphatic carbocycles. The van der Waals surface area contributed by atoms with E-state index < -0.39 is 10.0 Å². The molecule has 6 heteroatoms. The van der Waals surface area contributed by atoms with Gasteiger partial charge in [-0.05, 0) is 43.0 Å². The van der Waals surface area contributed by atoms with Gasteiger partial charge in [-0.2, -0.15) is 11.8 Å². The second-order valence-corrected chi connectivity index (χ2v) is 7.11. The molecule has 0 bridgehead atoms. The van der Waals surface area contributed by atoms with E-state index >= 15 is 0 Å². The topological polar surface area (TPSA) is 66.4 Å². The highest BCUT2D eigenvalue weighted by atomic mass is 32.2. The number of phenolic OH excluding ortho intramolecular Hbond substituents is 1. The van der Waals surface area contributed by atoms with Gasteiger partial charge in [0.15, 0.2) is 0 Å². The molecule has 0 saturated heterocycles. The van der Waals surface area contributed by atoms with E-state index in [-0.39, 0.29) is 16.7 Å². The van der Waals surface area contributed by atoms with E-state index in [2.05, 4.69) is 11.6 Å². The van der Waals surface area contributed by atoms with Crippen molar-refractivity contribution in [2.45, 2.75) is 31.2 Å². The molecule has 102 valence electrons. The van der Waals surface area contributed by atoms with Crippen molar-refractivity contribution in [1.82, 2.24) is 4.72 Å². The minimum atomic E-state index is -3.54. The number of phenols is 1. The number of benzene rings is 1. The summed E-state index contributed by atoms with van der Waals surface area (Å²) in [6.07, 6.45) is 0.788. The van der Waals surface area contributed by atoms with Gasteiger partial charge in [-0.3, -0.25) is 0 Å². The summed E-state index contributed by atoms with van der Waals surface area (Å²) >= 11 is 1.79. The van der Waals surface area contributed by atoms with Gasteiger partial charge in [0.2, 0.25) is 10.0 Å². The molecule has 18 heavy (non-hydrogen) atoms. The Labute approximate surface area is 113 Å². The Morgan fingerprint density at radius 2 is 2.17 bits per heavy atom. The molecule has 1 unspecified atom stereocenters.